The van der Waals surface area contributed by atoms with E-state index < -0.39 is 5.82 Å². The second-order valence-corrected chi connectivity index (χ2v) is 6.82. The van der Waals surface area contributed by atoms with E-state index >= 15 is 0 Å². The number of hydrogen-bond donors (Lipinski definition) is 1. The first-order valence-corrected chi connectivity index (χ1v) is 8.71. The SMILES string of the molecule is O=C1COc2cc(C(=O)N(Cc3c(F)cccc3Cl)C3CC3)ccc2N1. The van der Waals surface area contributed by atoms with E-state index in [-0.39, 0.29) is 31.0 Å². The van der Waals surface area contributed by atoms with Crippen molar-refractivity contribution in [1.29, 1.82) is 0 Å². The molecule has 1 heterocycles. The van der Waals surface area contributed by atoms with Gasteiger partial charge in [0.1, 0.15) is 11.6 Å². The maximum Gasteiger partial charge on any atom is 0.262 e. The highest BCUT2D eigenvalue weighted by atomic mass is 35.5. The van der Waals surface area contributed by atoms with Gasteiger partial charge in [-0.05, 0) is 43.2 Å². The molecule has 0 unspecified atom stereocenters. The molecular weight excluding hydrogens is 359 g/mol. The van der Waals surface area contributed by atoms with Crippen LogP contribution >= 0.6 is 11.6 Å². The molecule has 7 heteroatoms. The zero-order chi connectivity index (χ0) is 18.3. The lowest BCUT2D eigenvalue weighted by atomic mass is 10.1. The number of anilines is 1. The van der Waals surface area contributed by atoms with Crippen LogP contribution in [-0.2, 0) is 11.3 Å². The predicted molar refractivity (Wildman–Crippen MR) is 94.9 cm³/mol. The van der Waals surface area contributed by atoms with Crippen molar-refractivity contribution < 1.29 is 18.7 Å². The van der Waals surface area contributed by atoms with Crippen LogP contribution in [0, 0.1) is 5.82 Å². The van der Waals surface area contributed by atoms with Gasteiger partial charge < -0.3 is 15.0 Å². The van der Waals surface area contributed by atoms with Crippen LogP contribution < -0.4 is 10.1 Å². The second kappa shape index (κ2) is 6.61. The summed E-state index contributed by atoms with van der Waals surface area (Å²) < 4.78 is 19.5. The Balaban J connectivity index is 1.61. The van der Waals surface area contributed by atoms with E-state index in [4.69, 9.17) is 16.3 Å². The monoisotopic (exact) mass is 374 g/mol. The molecule has 0 bridgehead atoms. The molecule has 26 heavy (non-hydrogen) atoms. The Morgan fingerprint density at radius 1 is 1.31 bits per heavy atom. The van der Waals surface area contributed by atoms with Crippen molar-refractivity contribution in [2.45, 2.75) is 25.4 Å². The molecule has 2 aliphatic rings. The number of amides is 2. The van der Waals surface area contributed by atoms with Crippen molar-refractivity contribution >= 4 is 29.1 Å². The van der Waals surface area contributed by atoms with Crippen molar-refractivity contribution in [3.05, 3.63) is 58.4 Å². The summed E-state index contributed by atoms with van der Waals surface area (Å²) in [6.45, 7) is 0.0332. The lowest BCUT2D eigenvalue weighted by Gasteiger charge is -2.24. The van der Waals surface area contributed by atoms with Crippen molar-refractivity contribution in [2.75, 3.05) is 11.9 Å². The molecule has 2 aromatic carbocycles. The van der Waals surface area contributed by atoms with Gasteiger partial charge >= 0.3 is 0 Å². The Bertz CT molecular complexity index is 878. The average Bonchev–Trinajstić information content (AvgIpc) is 3.45. The smallest absolute Gasteiger partial charge is 0.262 e. The number of hydrogen-bond acceptors (Lipinski definition) is 3. The van der Waals surface area contributed by atoms with Gasteiger partial charge in [-0.1, -0.05) is 17.7 Å². The molecule has 0 saturated heterocycles. The normalized spacial score (nSPS) is 15.7. The summed E-state index contributed by atoms with van der Waals surface area (Å²) in [7, 11) is 0. The minimum Gasteiger partial charge on any atom is -0.482 e. The molecule has 0 spiro atoms. The van der Waals surface area contributed by atoms with Crippen LogP contribution in [0.15, 0.2) is 36.4 Å². The number of ether oxygens (including phenoxy) is 1. The highest BCUT2D eigenvalue weighted by Gasteiger charge is 2.34. The molecule has 5 nitrogen and oxygen atoms in total. The number of benzene rings is 2. The largest absolute Gasteiger partial charge is 0.482 e. The van der Waals surface area contributed by atoms with Gasteiger partial charge in [0.15, 0.2) is 6.61 Å². The van der Waals surface area contributed by atoms with Crippen LogP contribution in [0.4, 0.5) is 10.1 Å². The summed E-state index contributed by atoms with van der Waals surface area (Å²) in [6.07, 6.45) is 1.77. The van der Waals surface area contributed by atoms with Gasteiger partial charge in [-0.15, -0.1) is 0 Å². The molecule has 2 aromatic rings. The van der Waals surface area contributed by atoms with Crippen LogP contribution in [0.2, 0.25) is 5.02 Å². The molecule has 0 aromatic heterocycles. The topological polar surface area (TPSA) is 58.6 Å². The lowest BCUT2D eigenvalue weighted by molar-refractivity contribution is -0.118. The van der Waals surface area contributed by atoms with Crippen LogP contribution in [0.3, 0.4) is 0 Å². The zero-order valence-corrected chi connectivity index (χ0v) is 14.6. The molecule has 134 valence electrons. The fourth-order valence-electron chi connectivity index (χ4n) is 2.98. The fourth-order valence-corrected chi connectivity index (χ4v) is 3.20. The molecule has 1 saturated carbocycles. The quantitative estimate of drug-likeness (QED) is 0.889. The Labute approximate surface area is 154 Å². The van der Waals surface area contributed by atoms with E-state index in [1.807, 2.05) is 0 Å². The van der Waals surface area contributed by atoms with Crippen molar-refractivity contribution in [3.8, 4) is 5.75 Å². The van der Waals surface area contributed by atoms with Crippen LogP contribution in [0.1, 0.15) is 28.8 Å². The average molecular weight is 375 g/mol. The molecule has 1 fully saturated rings. The molecule has 2 amide bonds. The third kappa shape index (κ3) is 3.24. The van der Waals surface area contributed by atoms with Gasteiger partial charge in [-0.25, -0.2) is 4.39 Å². The molecule has 0 atom stereocenters. The Morgan fingerprint density at radius 3 is 2.85 bits per heavy atom. The van der Waals surface area contributed by atoms with Crippen molar-refractivity contribution in [2.24, 2.45) is 0 Å². The first-order valence-electron chi connectivity index (χ1n) is 8.33. The third-order valence-corrected chi connectivity index (χ3v) is 4.85. The first kappa shape index (κ1) is 16.8. The maximum absolute atomic E-state index is 14.1. The van der Waals surface area contributed by atoms with Gasteiger partial charge in [0, 0.05) is 22.2 Å². The second-order valence-electron chi connectivity index (χ2n) is 6.41. The number of carbonyl (C=O) groups excluding carboxylic acids is 2. The number of fused-ring (bicyclic) bond motifs is 1. The molecular formula is C19H16ClFN2O3. The van der Waals surface area contributed by atoms with Crippen molar-refractivity contribution in [1.82, 2.24) is 4.90 Å². The lowest BCUT2D eigenvalue weighted by Crippen LogP contribution is -2.33. The Kier molecular flexibility index (Phi) is 4.28. The van der Waals surface area contributed by atoms with Crippen LogP contribution in [0.25, 0.3) is 0 Å². The summed E-state index contributed by atoms with van der Waals surface area (Å²) in [5.74, 6) is -0.414. The van der Waals surface area contributed by atoms with E-state index in [1.54, 1.807) is 35.2 Å². The van der Waals surface area contributed by atoms with Gasteiger partial charge in [0.25, 0.3) is 11.8 Å². The number of nitrogens with zero attached hydrogens (tertiary/aromatic N) is 1. The summed E-state index contributed by atoms with van der Waals surface area (Å²) in [6, 6.07) is 9.45. The molecule has 1 N–H and O–H groups in total. The number of rotatable bonds is 4. The fraction of sp³-hybridized carbons (Fsp3) is 0.263. The predicted octanol–water partition coefficient (Wildman–Crippen LogP) is 3.61. The van der Waals surface area contributed by atoms with E-state index in [0.29, 0.717) is 27.6 Å². The molecule has 1 aliphatic carbocycles. The minimum absolute atomic E-state index is 0.0785. The summed E-state index contributed by atoms with van der Waals surface area (Å²) >= 11 is 6.12. The van der Waals surface area contributed by atoms with Gasteiger partial charge in [0.05, 0.1) is 12.2 Å². The molecule has 1 aliphatic heterocycles. The zero-order valence-electron chi connectivity index (χ0n) is 13.8. The Morgan fingerprint density at radius 2 is 2.12 bits per heavy atom. The standard InChI is InChI=1S/C19H16ClFN2O3/c20-14-2-1-3-15(21)13(14)9-23(12-5-6-12)19(25)11-4-7-16-17(8-11)26-10-18(24)22-16/h1-4,7-8,12H,5-6,9-10H2,(H,22,24). The van der Waals surface area contributed by atoms with Crippen LogP contribution in [-0.4, -0.2) is 29.4 Å². The van der Waals surface area contributed by atoms with Crippen LogP contribution in [0.5, 0.6) is 5.75 Å². The number of nitrogens with one attached hydrogen (secondary N) is 1. The summed E-state index contributed by atoms with van der Waals surface area (Å²) in [5.41, 5.74) is 1.28. The van der Waals surface area contributed by atoms with E-state index in [2.05, 4.69) is 5.32 Å². The highest BCUT2D eigenvalue weighted by molar-refractivity contribution is 6.31. The highest BCUT2D eigenvalue weighted by Crippen LogP contribution is 2.34. The third-order valence-electron chi connectivity index (χ3n) is 4.50. The number of halogens is 2. The summed E-state index contributed by atoms with van der Waals surface area (Å²) in [4.78, 5) is 26.0. The molecule has 0 radical (unpaired) electrons. The van der Waals surface area contributed by atoms with Gasteiger partial charge in [-0.2, -0.15) is 0 Å². The number of carbonyl (C=O) groups is 2. The van der Waals surface area contributed by atoms with Crippen molar-refractivity contribution in [3.63, 3.8) is 0 Å². The first-order chi connectivity index (χ1) is 12.5. The summed E-state index contributed by atoms with van der Waals surface area (Å²) in [5, 5.41) is 2.99. The van der Waals surface area contributed by atoms with E-state index in [0.717, 1.165) is 12.8 Å². The minimum atomic E-state index is -0.424. The van der Waals surface area contributed by atoms with E-state index in [1.165, 1.54) is 6.07 Å². The Hall–Kier alpha value is -2.60. The van der Waals surface area contributed by atoms with Gasteiger partial charge in [0.2, 0.25) is 0 Å². The maximum atomic E-state index is 14.1. The van der Waals surface area contributed by atoms with E-state index in [9.17, 15) is 14.0 Å². The molecule has 4 rings (SSSR count). The van der Waals surface area contributed by atoms with Gasteiger partial charge in [-0.3, -0.25) is 9.59 Å².